The zero-order chi connectivity index (χ0) is 14.8. The normalized spacial score (nSPS) is 13.9. The molecule has 0 heterocycles. The van der Waals surface area contributed by atoms with E-state index in [1.807, 2.05) is 24.3 Å². The third-order valence-corrected chi connectivity index (χ3v) is 4.53. The Kier molecular flexibility index (Phi) is 4.46. The van der Waals surface area contributed by atoms with Gasteiger partial charge in [-0.3, -0.25) is 4.90 Å². The molecule has 0 spiro atoms. The van der Waals surface area contributed by atoms with Crippen molar-refractivity contribution in [3.05, 3.63) is 48.0 Å². The average molecular weight is 271 g/mol. The van der Waals surface area contributed by atoms with Crippen LogP contribution in [0.1, 0.15) is 38.9 Å². The highest BCUT2D eigenvalue weighted by Gasteiger charge is 2.24. The Labute approximate surface area is 122 Å². The number of fused-ring (bicyclic) bond motifs is 1. The predicted molar refractivity (Wildman–Crippen MR) is 85.9 cm³/mol. The minimum atomic E-state index is -0.461. The van der Waals surface area contributed by atoms with Crippen molar-refractivity contribution in [3.63, 3.8) is 0 Å². The Morgan fingerprint density at radius 1 is 1.10 bits per heavy atom. The van der Waals surface area contributed by atoms with Crippen LogP contribution < -0.4 is 0 Å². The van der Waals surface area contributed by atoms with Crippen molar-refractivity contribution < 1.29 is 5.11 Å². The van der Waals surface area contributed by atoms with Crippen LogP contribution in [0.15, 0.2) is 42.5 Å². The summed E-state index contributed by atoms with van der Waals surface area (Å²) in [5, 5.41) is 12.9. The molecule has 1 unspecified atom stereocenters. The average Bonchev–Trinajstić information content (AvgIpc) is 2.46. The summed E-state index contributed by atoms with van der Waals surface area (Å²) >= 11 is 0. The summed E-state index contributed by atoms with van der Waals surface area (Å²) in [5.41, 5.74) is 1.12. The summed E-state index contributed by atoms with van der Waals surface area (Å²) in [7, 11) is 2.08. The number of aliphatic hydroxyl groups excluding tert-OH is 1. The van der Waals surface area contributed by atoms with Crippen molar-refractivity contribution in [2.24, 2.45) is 0 Å². The first-order valence-electron chi connectivity index (χ1n) is 7.32. The molecule has 1 atom stereocenters. The third kappa shape index (κ3) is 3.02. The fourth-order valence-electron chi connectivity index (χ4n) is 2.42. The molecule has 0 saturated carbocycles. The van der Waals surface area contributed by atoms with Gasteiger partial charge in [0.05, 0.1) is 6.10 Å². The molecule has 0 radical (unpaired) electrons. The first kappa shape index (κ1) is 15.0. The maximum Gasteiger partial charge on any atom is 0.0922 e. The number of β-amino-alcohol motifs (C(OH)–C–C–N with tert-alkyl or cyclic N) is 1. The Hall–Kier alpha value is -1.38. The van der Waals surface area contributed by atoms with Gasteiger partial charge in [-0.2, -0.15) is 0 Å². The van der Waals surface area contributed by atoms with Gasteiger partial charge in [-0.15, -0.1) is 0 Å². The fraction of sp³-hybridized carbons (Fsp3) is 0.444. The lowest BCUT2D eigenvalue weighted by Gasteiger charge is -2.36. The molecule has 0 fully saturated rings. The van der Waals surface area contributed by atoms with Crippen molar-refractivity contribution in [3.8, 4) is 0 Å². The molecule has 1 N–H and O–H groups in total. The molecule has 2 heteroatoms. The van der Waals surface area contributed by atoms with Crippen LogP contribution >= 0.6 is 0 Å². The molecule has 0 aromatic heterocycles. The number of aliphatic hydroxyl groups is 1. The van der Waals surface area contributed by atoms with E-state index in [-0.39, 0.29) is 5.54 Å². The maximum atomic E-state index is 10.6. The largest absolute Gasteiger partial charge is 0.387 e. The molecule has 2 nitrogen and oxygen atoms in total. The zero-order valence-corrected chi connectivity index (χ0v) is 12.9. The summed E-state index contributed by atoms with van der Waals surface area (Å²) in [6, 6.07) is 14.4. The lowest BCUT2D eigenvalue weighted by atomic mass is 9.96. The SMILES string of the molecule is CCC(C)(C)N(C)CC(O)c1cccc2ccccc12. The Morgan fingerprint density at radius 3 is 2.45 bits per heavy atom. The van der Waals surface area contributed by atoms with Crippen molar-refractivity contribution in [2.75, 3.05) is 13.6 Å². The first-order chi connectivity index (χ1) is 9.45. The second kappa shape index (κ2) is 5.94. The van der Waals surface area contributed by atoms with Crippen LogP contribution in [0.25, 0.3) is 10.8 Å². The summed E-state index contributed by atoms with van der Waals surface area (Å²) in [5.74, 6) is 0. The van der Waals surface area contributed by atoms with Crippen molar-refractivity contribution in [2.45, 2.75) is 38.8 Å². The number of rotatable bonds is 5. The smallest absolute Gasteiger partial charge is 0.0922 e. The van der Waals surface area contributed by atoms with Crippen molar-refractivity contribution in [1.29, 1.82) is 0 Å². The molecular weight excluding hydrogens is 246 g/mol. The molecule has 0 saturated heterocycles. The van der Waals surface area contributed by atoms with E-state index >= 15 is 0 Å². The molecular formula is C18H25NO. The molecule has 0 bridgehead atoms. The van der Waals surface area contributed by atoms with Crippen LogP contribution in [-0.2, 0) is 0 Å². The van der Waals surface area contributed by atoms with Gasteiger partial charge in [-0.25, -0.2) is 0 Å². The van der Waals surface area contributed by atoms with Crippen LogP contribution in [0.4, 0.5) is 0 Å². The van der Waals surface area contributed by atoms with E-state index in [2.05, 4.69) is 50.9 Å². The second-order valence-corrected chi connectivity index (χ2v) is 6.13. The quantitative estimate of drug-likeness (QED) is 0.888. The molecule has 0 aliphatic carbocycles. The molecule has 108 valence electrons. The van der Waals surface area contributed by atoms with E-state index in [9.17, 15) is 5.11 Å². The predicted octanol–water partition coefficient (Wildman–Crippen LogP) is 3.99. The van der Waals surface area contributed by atoms with Crippen molar-refractivity contribution >= 4 is 10.8 Å². The topological polar surface area (TPSA) is 23.5 Å². The van der Waals surface area contributed by atoms with Gasteiger partial charge in [0, 0.05) is 12.1 Å². The Morgan fingerprint density at radius 2 is 1.75 bits per heavy atom. The number of benzene rings is 2. The summed E-state index contributed by atoms with van der Waals surface area (Å²) in [6.45, 7) is 7.25. The van der Waals surface area contributed by atoms with Crippen LogP contribution in [0.5, 0.6) is 0 Å². The lowest BCUT2D eigenvalue weighted by molar-refractivity contribution is 0.0693. The number of hydrogen-bond acceptors (Lipinski definition) is 2. The van der Waals surface area contributed by atoms with E-state index in [0.717, 1.165) is 17.4 Å². The highest BCUT2D eigenvalue weighted by molar-refractivity contribution is 5.85. The van der Waals surface area contributed by atoms with E-state index in [0.29, 0.717) is 6.54 Å². The minimum absolute atomic E-state index is 0.103. The van der Waals surface area contributed by atoms with E-state index in [4.69, 9.17) is 0 Å². The fourth-order valence-corrected chi connectivity index (χ4v) is 2.42. The van der Waals surface area contributed by atoms with Gasteiger partial charge in [-0.05, 0) is 43.7 Å². The van der Waals surface area contributed by atoms with Gasteiger partial charge < -0.3 is 5.11 Å². The Balaban J connectivity index is 2.26. The van der Waals surface area contributed by atoms with E-state index in [1.165, 1.54) is 5.39 Å². The molecule has 0 amide bonds. The zero-order valence-electron chi connectivity index (χ0n) is 12.9. The monoisotopic (exact) mass is 271 g/mol. The highest BCUT2D eigenvalue weighted by atomic mass is 16.3. The second-order valence-electron chi connectivity index (χ2n) is 6.13. The first-order valence-corrected chi connectivity index (χ1v) is 7.32. The standard InChI is InChI=1S/C18H25NO/c1-5-18(2,3)19(4)13-17(20)16-12-8-10-14-9-6-7-11-15(14)16/h6-12,17,20H,5,13H2,1-4H3. The van der Waals surface area contributed by atoms with Crippen LogP contribution in [0.2, 0.25) is 0 Å². The molecule has 0 aliphatic heterocycles. The number of likely N-dealkylation sites (N-methyl/N-ethyl adjacent to an activating group) is 1. The molecule has 2 aromatic carbocycles. The van der Waals surface area contributed by atoms with Gasteiger partial charge in [0.2, 0.25) is 0 Å². The molecule has 2 aromatic rings. The summed E-state index contributed by atoms with van der Waals surface area (Å²) < 4.78 is 0. The molecule has 2 rings (SSSR count). The van der Waals surface area contributed by atoms with Crippen LogP contribution in [0.3, 0.4) is 0 Å². The number of nitrogens with zero attached hydrogens (tertiary/aromatic N) is 1. The van der Waals surface area contributed by atoms with Crippen LogP contribution in [-0.4, -0.2) is 29.1 Å². The lowest BCUT2D eigenvalue weighted by Crippen LogP contribution is -2.42. The molecule has 20 heavy (non-hydrogen) atoms. The maximum absolute atomic E-state index is 10.6. The molecule has 0 aliphatic rings. The van der Waals surface area contributed by atoms with E-state index < -0.39 is 6.10 Å². The summed E-state index contributed by atoms with van der Waals surface area (Å²) in [4.78, 5) is 2.24. The number of hydrogen-bond donors (Lipinski definition) is 1. The summed E-state index contributed by atoms with van der Waals surface area (Å²) in [6.07, 6.45) is 0.600. The van der Waals surface area contributed by atoms with E-state index in [1.54, 1.807) is 0 Å². The van der Waals surface area contributed by atoms with Gasteiger partial charge in [0.1, 0.15) is 0 Å². The van der Waals surface area contributed by atoms with Crippen molar-refractivity contribution in [1.82, 2.24) is 4.90 Å². The third-order valence-electron chi connectivity index (χ3n) is 4.53. The highest BCUT2D eigenvalue weighted by Crippen LogP contribution is 2.26. The van der Waals surface area contributed by atoms with Gasteiger partial charge in [0.15, 0.2) is 0 Å². The van der Waals surface area contributed by atoms with Gasteiger partial charge >= 0.3 is 0 Å². The minimum Gasteiger partial charge on any atom is -0.387 e. The van der Waals surface area contributed by atoms with Crippen LogP contribution in [0, 0.1) is 0 Å². The Bertz CT molecular complexity index is 571. The van der Waals surface area contributed by atoms with Gasteiger partial charge in [0.25, 0.3) is 0 Å². The van der Waals surface area contributed by atoms with Gasteiger partial charge in [-0.1, -0.05) is 49.4 Å².